The molecule has 0 spiro atoms. The minimum absolute atomic E-state index is 0.343. The van der Waals surface area contributed by atoms with E-state index in [-0.39, 0.29) is 0 Å². The van der Waals surface area contributed by atoms with Gasteiger partial charge >= 0.3 is 0 Å². The van der Waals surface area contributed by atoms with E-state index in [0.717, 1.165) is 19.7 Å². The first-order chi connectivity index (χ1) is 6.22. The highest BCUT2D eigenvalue weighted by Gasteiger charge is 2.17. The Hall–Kier alpha value is -0.120. The van der Waals surface area contributed by atoms with Crippen molar-refractivity contribution in [1.82, 2.24) is 4.90 Å². The molecule has 0 aromatic heterocycles. The lowest BCUT2D eigenvalue weighted by atomic mass is 10.1. The van der Waals surface area contributed by atoms with E-state index in [1.807, 2.05) is 6.92 Å². The van der Waals surface area contributed by atoms with Crippen LogP contribution in [0.4, 0.5) is 0 Å². The van der Waals surface area contributed by atoms with Gasteiger partial charge in [0.25, 0.3) is 0 Å². The summed E-state index contributed by atoms with van der Waals surface area (Å²) in [6.45, 7) is 8.23. The van der Waals surface area contributed by atoms with Gasteiger partial charge in [0, 0.05) is 25.7 Å². The molecule has 1 rings (SSSR count). The molecule has 0 bridgehead atoms. The van der Waals surface area contributed by atoms with E-state index in [0.29, 0.717) is 12.1 Å². The number of ether oxygens (including phenoxy) is 1. The number of nitrogens with zero attached hydrogens (tertiary/aromatic N) is 1. The average Bonchev–Trinajstić information content (AvgIpc) is 2.04. The van der Waals surface area contributed by atoms with Crippen LogP contribution in [0, 0.1) is 0 Å². The van der Waals surface area contributed by atoms with Crippen molar-refractivity contribution in [2.75, 3.05) is 26.2 Å². The summed E-state index contributed by atoms with van der Waals surface area (Å²) >= 11 is 0. The highest BCUT2D eigenvalue weighted by Crippen LogP contribution is 2.09. The van der Waals surface area contributed by atoms with Gasteiger partial charge in [-0.3, -0.25) is 4.90 Å². The highest BCUT2D eigenvalue weighted by molar-refractivity contribution is 4.76. The maximum atomic E-state index is 5.89. The van der Waals surface area contributed by atoms with Gasteiger partial charge in [0.05, 0.1) is 6.10 Å². The van der Waals surface area contributed by atoms with Gasteiger partial charge < -0.3 is 10.5 Å². The van der Waals surface area contributed by atoms with Crippen molar-refractivity contribution in [3.63, 3.8) is 0 Å². The van der Waals surface area contributed by atoms with Crippen LogP contribution in [0.5, 0.6) is 0 Å². The summed E-state index contributed by atoms with van der Waals surface area (Å²) in [4.78, 5) is 2.41. The normalized spacial score (nSPS) is 27.5. The minimum Gasteiger partial charge on any atom is -0.377 e. The van der Waals surface area contributed by atoms with Gasteiger partial charge in [0.15, 0.2) is 0 Å². The zero-order valence-corrected chi connectivity index (χ0v) is 8.83. The standard InChI is InChI=1S/C10H22N2O/c1-3-13-9(2)7-12-6-4-5-10(11)8-12/h9-10H,3-8,11H2,1-2H3. The lowest BCUT2D eigenvalue weighted by molar-refractivity contribution is 0.0387. The van der Waals surface area contributed by atoms with Gasteiger partial charge in [-0.15, -0.1) is 0 Å². The first-order valence-electron chi connectivity index (χ1n) is 5.32. The zero-order valence-electron chi connectivity index (χ0n) is 8.83. The molecule has 2 unspecified atom stereocenters. The lowest BCUT2D eigenvalue weighted by Gasteiger charge is -2.32. The van der Waals surface area contributed by atoms with Crippen molar-refractivity contribution in [3.8, 4) is 0 Å². The molecule has 3 heteroatoms. The molecule has 0 aromatic rings. The second kappa shape index (κ2) is 5.58. The third kappa shape index (κ3) is 4.07. The Morgan fingerprint density at radius 3 is 3.00 bits per heavy atom. The number of hydrogen-bond acceptors (Lipinski definition) is 3. The molecular formula is C10H22N2O. The van der Waals surface area contributed by atoms with Gasteiger partial charge in [-0.1, -0.05) is 0 Å². The Morgan fingerprint density at radius 1 is 1.62 bits per heavy atom. The van der Waals surface area contributed by atoms with E-state index in [9.17, 15) is 0 Å². The van der Waals surface area contributed by atoms with Gasteiger partial charge in [0.1, 0.15) is 0 Å². The largest absolute Gasteiger partial charge is 0.377 e. The molecule has 1 heterocycles. The summed E-state index contributed by atoms with van der Waals surface area (Å²) in [5.41, 5.74) is 5.89. The lowest BCUT2D eigenvalue weighted by Crippen LogP contribution is -2.45. The summed E-state index contributed by atoms with van der Waals surface area (Å²) in [6, 6.07) is 0.377. The number of nitrogens with two attached hydrogens (primary N) is 1. The maximum absolute atomic E-state index is 5.89. The van der Waals surface area contributed by atoms with Crippen molar-refractivity contribution in [2.24, 2.45) is 5.73 Å². The van der Waals surface area contributed by atoms with Crippen LogP contribution in [-0.4, -0.2) is 43.3 Å². The van der Waals surface area contributed by atoms with Gasteiger partial charge in [-0.2, -0.15) is 0 Å². The first kappa shape index (κ1) is 11.0. The van der Waals surface area contributed by atoms with Crippen LogP contribution < -0.4 is 5.73 Å². The van der Waals surface area contributed by atoms with Crippen LogP contribution in [0.3, 0.4) is 0 Å². The first-order valence-corrected chi connectivity index (χ1v) is 5.32. The molecular weight excluding hydrogens is 164 g/mol. The second-order valence-electron chi connectivity index (χ2n) is 3.93. The summed E-state index contributed by atoms with van der Waals surface area (Å²) in [5.74, 6) is 0. The molecule has 3 nitrogen and oxygen atoms in total. The fraction of sp³-hybridized carbons (Fsp3) is 1.00. The smallest absolute Gasteiger partial charge is 0.0673 e. The van der Waals surface area contributed by atoms with E-state index < -0.39 is 0 Å². The van der Waals surface area contributed by atoms with Crippen LogP contribution >= 0.6 is 0 Å². The minimum atomic E-state index is 0.343. The fourth-order valence-electron chi connectivity index (χ4n) is 1.96. The predicted octanol–water partition coefficient (Wildman–Crippen LogP) is 0.835. The van der Waals surface area contributed by atoms with E-state index in [4.69, 9.17) is 10.5 Å². The number of likely N-dealkylation sites (tertiary alicyclic amines) is 1. The number of piperidine rings is 1. The number of rotatable bonds is 4. The molecule has 0 aromatic carbocycles. The highest BCUT2D eigenvalue weighted by atomic mass is 16.5. The fourth-order valence-corrected chi connectivity index (χ4v) is 1.96. The van der Waals surface area contributed by atoms with Crippen molar-refractivity contribution in [2.45, 2.75) is 38.8 Å². The Kier molecular flexibility index (Phi) is 4.70. The topological polar surface area (TPSA) is 38.5 Å². The number of hydrogen-bond donors (Lipinski definition) is 1. The third-order valence-electron chi connectivity index (χ3n) is 2.51. The Labute approximate surface area is 81.2 Å². The molecule has 0 saturated carbocycles. The maximum Gasteiger partial charge on any atom is 0.0673 e. The quantitative estimate of drug-likeness (QED) is 0.707. The average molecular weight is 186 g/mol. The van der Waals surface area contributed by atoms with Crippen molar-refractivity contribution >= 4 is 0 Å². The zero-order chi connectivity index (χ0) is 9.68. The van der Waals surface area contributed by atoms with Crippen LogP contribution in [0.1, 0.15) is 26.7 Å². The van der Waals surface area contributed by atoms with Crippen LogP contribution in [-0.2, 0) is 4.74 Å². The molecule has 2 atom stereocenters. The van der Waals surface area contributed by atoms with Crippen LogP contribution in [0.15, 0.2) is 0 Å². The molecule has 0 aliphatic carbocycles. The molecule has 78 valence electrons. The Balaban J connectivity index is 2.19. The van der Waals surface area contributed by atoms with E-state index in [1.54, 1.807) is 0 Å². The Bertz CT molecular complexity index is 141. The summed E-state index contributed by atoms with van der Waals surface area (Å²) < 4.78 is 5.50. The van der Waals surface area contributed by atoms with Gasteiger partial charge in [0.2, 0.25) is 0 Å². The van der Waals surface area contributed by atoms with E-state index >= 15 is 0 Å². The van der Waals surface area contributed by atoms with Crippen molar-refractivity contribution < 1.29 is 4.74 Å². The van der Waals surface area contributed by atoms with Crippen molar-refractivity contribution in [3.05, 3.63) is 0 Å². The second-order valence-corrected chi connectivity index (χ2v) is 3.93. The molecule has 0 radical (unpaired) electrons. The monoisotopic (exact) mass is 186 g/mol. The molecule has 1 aliphatic rings. The Morgan fingerprint density at radius 2 is 2.38 bits per heavy atom. The molecule has 0 amide bonds. The molecule has 13 heavy (non-hydrogen) atoms. The molecule has 1 aliphatic heterocycles. The SMILES string of the molecule is CCOC(C)CN1CCCC(N)C1. The van der Waals surface area contributed by atoms with Crippen LogP contribution in [0.25, 0.3) is 0 Å². The summed E-state index contributed by atoms with van der Waals surface area (Å²) in [5, 5.41) is 0. The van der Waals surface area contributed by atoms with E-state index in [2.05, 4.69) is 11.8 Å². The molecule has 2 N–H and O–H groups in total. The third-order valence-corrected chi connectivity index (χ3v) is 2.51. The van der Waals surface area contributed by atoms with E-state index in [1.165, 1.54) is 19.4 Å². The van der Waals surface area contributed by atoms with Crippen molar-refractivity contribution in [1.29, 1.82) is 0 Å². The van der Waals surface area contributed by atoms with Gasteiger partial charge in [-0.05, 0) is 33.2 Å². The summed E-state index contributed by atoms with van der Waals surface area (Å²) in [7, 11) is 0. The predicted molar refractivity (Wildman–Crippen MR) is 54.7 cm³/mol. The molecule has 1 saturated heterocycles. The summed E-state index contributed by atoms with van der Waals surface area (Å²) in [6.07, 6.45) is 2.76. The van der Waals surface area contributed by atoms with Gasteiger partial charge in [-0.25, -0.2) is 0 Å². The molecule has 1 fully saturated rings. The van der Waals surface area contributed by atoms with Crippen LogP contribution in [0.2, 0.25) is 0 Å².